The van der Waals surface area contributed by atoms with Crippen LogP contribution in [0.3, 0.4) is 0 Å². The third-order valence-corrected chi connectivity index (χ3v) is 5.18. The summed E-state index contributed by atoms with van der Waals surface area (Å²) in [6, 6.07) is 8.09. The minimum Gasteiger partial charge on any atom is -0.324 e. The van der Waals surface area contributed by atoms with Gasteiger partial charge in [0.2, 0.25) is 11.8 Å². The van der Waals surface area contributed by atoms with Gasteiger partial charge in [-0.2, -0.15) is 5.10 Å². The Hall–Kier alpha value is -2.67. The highest BCUT2D eigenvalue weighted by molar-refractivity contribution is 5.95. The van der Waals surface area contributed by atoms with E-state index in [9.17, 15) is 9.59 Å². The molecule has 0 unspecified atom stereocenters. The van der Waals surface area contributed by atoms with Crippen molar-refractivity contribution in [2.24, 2.45) is 0 Å². The average Bonchev–Trinajstić information content (AvgIpc) is 3.29. The fourth-order valence-corrected chi connectivity index (χ4v) is 3.77. The molecule has 1 aromatic carbocycles. The minimum absolute atomic E-state index is 0.135. The Morgan fingerprint density at radius 3 is 2.32 bits per heavy atom. The molecule has 2 aromatic rings. The smallest absolute Gasteiger partial charge is 0.239 e. The fourth-order valence-electron chi connectivity index (χ4n) is 3.77. The van der Waals surface area contributed by atoms with E-state index in [0.29, 0.717) is 6.04 Å². The van der Waals surface area contributed by atoms with Crippen LogP contribution in [0.4, 0.5) is 11.5 Å². The lowest BCUT2D eigenvalue weighted by atomic mass is 10.1. The van der Waals surface area contributed by atoms with Crippen molar-refractivity contribution in [2.45, 2.75) is 45.6 Å². The maximum atomic E-state index is 12.4. The van der Waals surface area contributed by atoms with Gasteiger partial charge in [-0.1, -0.05) is 31.0 Å². The number of hydrogen-bond acceptors (Lipinski definition) is 4. The molecule has 0 spiro atoms. The number of carbonyl (C=O) groups excluding carboxylic acids is 2. The zero-order valence-electron chi connectivity index (χ0n) is 16.9. The van der Waals surface area contributed by atoms with E-state index >= 15 is 0 Å². The van der Waals surface area contributed by atoms with Crippen LogP contribution in [0, 0.1) is 13.8 Å². The molecule has 1 aliphatic rings. The number of nitrogens with zero attached hydrogens (tertiary/aromatic N) is 3. The second-order valence-electron chi connectivity index (χ2n) is 7.63. The number of aromatic nitrogens is 2. The predicted molar refractivity (Wildman–Crippen MR) is 110 cm³/mol. The third-order valence-electron chi connectivity index (χ3n) is 5.18. The Morgan fingerprint density at radius 1 is 1.07 bits per heavy atom. The molecular formula is C21H29N5O2. The number of aryl methyl sites for hydroxylation is 2. The summed E-state index contributed by atoms with van der Waals surface area (Å²) < 4.78 is 1.92. The van der Waals surface area contributed by atoms with E-state index in [1.807, 2.05) is 42.8 Å². The number of likely N-dealkylation sites (N-methyl/N-ethyl adjacent to an activating group) is 1. The van der Waals surface area contributed by atoms with E-state index < -0.39 is 0 Å². The quantitative estimate of drug-likeness (QED) is 0.770. The van der Waals surface area contributed by atoms with Gasteiger partial charge in [-0.25, -0.2) is 4.68 Å². The van der Waals surface area contributed by atoms with Gasteiger partial charge in [0.25, 0.3) is 0 Å². The molecule has 2 N–H and O–H groups in total. The van der Waals surface area contributed by atoms with Crippen LogP contribution < -0.4 is 10.6 Å². The van der Waals surface area contributed by atoms with E-state index in [0.717, 1.165) is 35.5 Å². The number of anilines is 2. The highest BCUT2D eigenvalue weighted by Crippen LogP contribution is 2.31. The van der Waals surface area contributed by atoms with Gasteiger partial charge in [-0.05, 0) is 44.9 Å². The molecule has 7 heteroatoms. The van der Waals surface area contributed by atoms with Crippen molar-refractivity contribution in [1.82, 2.24) is 14.7 Å². The third kappa shape index (κ3) is 4.98. The van der Waals surface area contributed by atoms with Crippen molar-refractivity contribution in [3.05, 3.63) is 41.6 Å². The van der Waals surface area contributed by atoms with Crippen molar-refractivity contribution >= 4 is 23.3 Å². The lowest BCUT2D eigenvalue weighted by Crippen LogP contribution is -2.36. The summed E-state index contributed by atoms with van der Waals surface area (Å²) in [5.74, 6) is 0.441. The van der Waals surface area contributed by atoms with Crippen LogP contribution in [0.15, 0.2) is 30.5 Å². The van der Waals surface area contributed by atoms with Crippen LogP contribution in [-0.2, 0) is 9.59 Å². The summed E-state index contributed by atoms with van der Waals surface area (Å²) in [5, 5.41) is 10.2. The molecule has 3 rings (SSSR count). The van der Waals surface area contributed by atoms with Crippen LogP contribution in [-0.4, -0.2) is 46.6 Å². The second kappa shape index (κ2) is 9.01. The van der Waals surface area contributed by atoms with Crippen molar-refractivity contribution in [2.75, 3.05) is 30.8 Å². The number of hydrogen-bond donors (Lipinski definition) is 2. The van der Waals surface area contributed by atoms with Gasteiger partial charge in [0.05, 0.1) is 25.3 Å². The van der Waals surface area contributed by atoms with E-state index in [1.54, 1.807) is 18.1 Å². The summed E-state index contributed by atoms with van der Waals surface area (Å²) >= 11 is 0. The molecule has 2 amide bonds. The van der Waals surface area contributed by atoms with Crippen molar-refractivity contribution < 1.29 is 9.59 Å². The highest BCUT2D eigenvalue weighted by atomic mass is 16.2. The Labute approximate surface area is 166 Å². The standard InChI is InChI=1S/C21H29N5O2/c1-15-7-6-8-16(2)21(15)24-20(28)14-25(3)13-19(27)23-18-11-12-22-26(18)17-9-4-5-10-17/h6-8,11-12,17H,4-5,9-10,13-14H2,1-3H3,(H,23,27)(H,24,28). The maximum Gasteiger partial charge on any atom is 0.239 e. The average molecular weight is 383 g/mol. The van der Waals surface area contributed by atoms with Crippen LogP contribution >= 0.6 is 0 Å². The summed E-state index contributed by atoms with van der Waals surface area (Å²) in [6.45, 7) is 4.21. The molecule has 1 saturated carbocycles. The molecule has 7 nitrogen and oxygen atoms in total. The number of carbonyl (C=O) groups is 2. The van der Waals surface area contributed by atoms with E-state index in [1.165, 1.54) is 12.8 Å². The van der Waals surface area contributed by atoms with Crippen molar-refractivity contribution in [1.29, 1.82) is 0 Å². The number of nitrogens with one attached hydrogen (secondary N) is 2. The van der Waals surface area contributed by atoms with Crippen molar-refractivity contribution in [3.8, 4) is 0 Å². The molecule has 0 radical (unpaired) electrons. The van der Waals surface area contributed by atoms with E-state index in [2.05, 4.69) is 15.7 Å². The molecule has 150 valence electrons. The first-order valence-corrected chi connectivity index (χ1v) is 9.82. The lowest BCUT2D eigenvalue weighted by molar-refractivity contribution is -0.119. The normalized spacial score (nSPS) is 14.4. The Kier molecular flexibility index (Phi) is 6.46. The Bertz CT molecular complexity index is 819. The Morgan fingerprint density at radius 2 is 1.68 bits per heavy atom. The van der Waals surface area contributed by atoms with Gasteiger partial charge in [0, 0.05) is 11.8 Å². The molecule has 28 heavy (non-hydrogen) atoms. The molecule has 1 aromatic heterocycles. The summed E-state index contributed by atoms with van der Waals surface area (Å²) in [6.07, 6.45) is 6.33. The van der Waals surface area contributed by atoms with Crippen LogP contribution in [0.5, 0.6) is 0 Å². The molecular weight excluding hydrogens is 354 g/mol. The first kappa shape index (κ1) is 20.1. The fraction of sp³-hybridized carbons (Fsp3) is 0.476. The monoisotopic (exact) mass is 383 g/mol. The highest BCUT2D eigenvalue weighted by Gasteiger charge is 2.21. The van der Waals surface area contributed by atoms with Crippen LogP contribution in [0.1, 0.15) is 42.9 Å². The second-order valence-corrected chi connectivity index (χ2v) is 7.63. The van der Waals surface area contributed by atoms with Gasteiger partial charge in [0.1, 0.15) is 5.82 Å². The molecule has 0 aliphatic heterocycles. The lowest BCUT2D eigenvalue weighted by Gasteiger charge is -2.18. The Balaban J connectivity index is 1.51. The van der Waals surface area contributed by atoms with E-state index in [-0.39, 0.29) is 24.9 Å². The zero-order chi connectivity index (χ0) is 20.1. The molecule has 0 atom stereocenters. The van der Waals surface area contributed by atoms with E-state index in [4.69, 9.17) is 0 Å². The van der Waals surface area contributed by atoms with Crippen LogP contribution in [0.25, 0.3) is 0 Å². The van der Waals surface area contributed by atoms with Gasteiger partial charge in [-0.15, -0.1) is 0 Å². The van der Waals surface area contributed by atoms with Crippen molar-refractivity contribution in [3.63, 3.8) is 0 Å². The first-order chi connectivity index (χ1) is 13.4. The minimum atomic E-state index is -0.151. The zero-order valence-corrected chi connectivity index (χ0v) is 16.9. The predicted octanol–water partition coefficient (Wildman–Crippen LogP) is 3.12. The number of benzene rings is 1. The molecule has 1 heterocycles. The van der Waals surface area contributed by atoms with Gasteiger partial charge < -0.3 is 10.6 Å². The molecule has 1 aliphatic carbocycles. The summed E-state index contributed by atoms with van der Waals surface area (Å²) in [4.78, 5) is 26.5. The largest absolute Gasteiger partial charge is 0.324 e. The van der Waals surface area contributed by atoms with Gasteiger partial charge >= 0.3 is 0 Å². The summed E-state index contributed by atoms with van der Waals surface area (Å²) in [7, 11) is 1.76. The van der Waals surface area contributed by atoms with Crippen LogP contribution in [0.2, 0.25) is 0 Å². The summed E-state index contributed by atoms with van der Waals surface area (Å²) in [5.41, 5.74) is 2.88. The van der Waals surface area contributed by atoms with Gasteiger partial charge in [0.15, 0.2) is 0 Å². The SMILES string of the molecule is Cc1cccc(C)c1NC(=O)CN(C)CC(=O)Nc1ccnn1C1CCCC1. The number of amides is 2. The topological polar surface area (TPSA) is 79.3 Å². The maximum absolute atomic E-state index is 12.4. The number of para-hydroxylation sites is 1. The first-order valence-electron chi connectivity index (χ1n) is 9.82. The molecule has 0 saturated heterocycles. The molecule has 1 fully saturated rings. The van der Waals surface area contributed by atoms with Gasteiger partial charge in [-0.3, -0.25) is 14.5 Å². The number of rotatable bonds is 7. The molecule has 0 bridgehead atoms.